The van der Waals surface area contributed by atoms with Crippen LogP contribution in [-0.2, 0) is 18.0 Å². The van der Waals surface area contributed by atoms with Crippen molar-refractivity contribution in [1.82, 2.24) is 4.57 Å². The van der Waals surface area contributed by atoms with Crippen LogP contribution < -0.4 is 9.47 Å². The maximum atomic E-state index is 14.2. The Morgan fingerprint density at radius 1 is 0.629 bits per heavy atom. The van der Waals surface area contributed by atoms with E-state index in [1.54, 1.807) is 42.5 Å². The molecule has 15 heteroatoms. The van der Waals surface area contributed by atoms with Gasteiger partial charge in [0, 0.05) is 63.0 Å². The number of fused-ring (bicyclic) bond motifs is 1. The van der Waals surface area contributed by atoms with Crippen molar-refractivity contribution in [3.05, 3.63) is 181 Å². The fourth-order valence-corrected chi connectivity index (χ4v) is 7.23. The number of Topliss-reactive ketones (excluding diaryl/α,β-unsaturated/α-hetero) is 2. The number of halogens is 8. The summed E-state index contributed by atoms with van der Waals surface area (Å²) in [5.74, 6) is -7.27. The maximum absolute atomic E-state index is 14.2. The number of carboxylic acids is 1. The Hall–Kier alpha value is -6.19. The second-order valence-corrected chi connectivity index (χ2v) is 15.7. The molecule has 318 valence electrons. The molecule has 0 aliphatic rings. The lowest BCUT2D eigenvalue weighted by atomic mass is 10.0. The van der Waals surface area contributed by atoms with Crippen LogP contribution in [0.4, 0.5) is 26.3 Å². The summed E-state index contributed by atoms with van der Waals surface area (Å²) in [4.78, 5) is 35.4. The summed E-state index contributed by atoms with van der Waals surface area (Å²) >= 11 is 6.70. The molecule has 6 aromatic carbocycles. The number of ketones is 2. The van der Waals surface area contributed by atoms with Crippen LogP contribution in [0.25, 0.3) is 27.7 Å². The Morgan fingerprint density at radius 2 is 1.18 bits per heavy atom. The Kier molecular flexibility index (Phi) is 14.4. The lowest BCUT2D eigenvalue weighted by molar-refractivity contribution is -0.117. The van der Waals surface area contributed by atoms with E-state index in [0.29, 0.717) is 56.8 Å². The molecule has 0 spiro atoms. The van der Waals surface area contributed by atoms with Gasteiger partial charge in [-0.25, -0.2) is 31.1 Å². The van der Waals surface area contributed by atoms with Gasteiger partial charge in [-0.15, -0.1) is 0 Å². The smallest absolute Gasteiger partial charge is 0.336 e. The molecule has 0 atom stereocenters. The highest BCUT2D eigenvalue weighted by Crippen LogP contribution is 2.37. The van der Waals surface area contributed by atoms with Crippen molar-refractivity contribution in [2.24, 2.45) is 0 Å². The highest BCUT2D eigenvalue weighted by Gasteiger charge is 2.20. The molecule has 0 bridgehead atoms. The van der Waals surface area contributed by atoms with Crippen molar-refractivity contribution in [3.8, 4) is 28.4 Å². The molecule has 62 heavy (non-hydrogen) atoms. The van der Waals surface area contributed by atoms with Gasteiger partial charge in [0.05, 0.1) is 27.9 Å². The maximum Gasteiger partial charge on any atom is 0.336 e. The van der Waals surface area contributed by atoms with E-state index in [9.17, 15) is 45.8 Å². The molecule has 0 unspecified atom stereocenters. The van der Waals surface area contributed by atoms with Crippen LogP contribution in [0.1, 0.15) is 57.3 Å². The number of hydrogen-bond donors (Lipinski definition) is 1. The Morgan fingerprint density at radius 3 is 1.76 bits per heavy atom. The van der Waals surface area contributed by atoms with Crippen LogP contribution in [0.5, 0.6) is 11.5 Å². The van der Waals surface area contributed by atoms with Crippen molar-refractivity contribution in [2.75, 3.05) is 0 Å². The van der Waals surface area contributed by atoms with Gasteiger partial charge in [-0.2, -0.15) is 0 Å². The number of aromatic nitrogens is 1. The van der Waals surface area contributed by atoms with Gasteiger partial charge in [-0.1, -0.05) is 56.1 Å². The quantitative estimate of drug-likeness (QED) is 0.0914. The van der Waals surface area contributed by atoms with Gasteiger partial charge in [0.1, 0.15) is 65.4 Å². The molecule has 1 aromatic heterocycles. The second kappa shape index (κ2) is 19.7. The molecule has 0 radical (unpaired) electrons. The standard InChI is InChI=1S/C29H19BrF3NO3.C18H14BrF3O3/c1-16-6-8-27(34(16)20-10-17-4-2-3-5-21(17)22(14-20)29(35)36)23-11-18(30)7-9-28(23)37-15-24-25(32)12-19(31)13-26(24)33;1-10(23)2-4-17(24)13-6-11(19)3-5-18(13)25-9-14-15(21)7-12(20)8-16(14)22/h2-14H,15H2,1H3,(H,35,36);3,5-8H,2,4,9H2,1H3. The highest BCUT2D eigenvalue weighted by molar-refractivity contribution is 9.10. The van der Waals surface area contributed by atoms with Crippen molar-refractivity contribution in [1.29, 1.82) is 0 Å². The van der Waals surface area contributed by atoms with Gasteiger partial charge >= 0.3 is 5.97 Å². The summed E-state index contributed by atoms with van der Waals surface area (Å²) in [6, 6.07) is 26.6. The van der Waals surface area contributed by atoms with Gasteiger partial charge in [0.25, 0.3) is 0 Å². The van der Waals surface area contributed by atoms with Crippen LogP contribution in [0.3, 0.4) is 0 Å². The van der Waals surface area contributed by atoms with Crippen LogP contribution >= 0.6 is 31.9 Å². The van der Waals surface area contributed by atoms with Crippen molar-refractivity contribution in [2.45, 2.75) is 39.9 Å². The topological polar surface area (TPSA) is 94.8 Å². The first-order valence-electron chi connectivity index (χ1n) is 18.6. The van der Waals surface area contributed by atoms with E-state index in [1.165, 1.54) is 19.1 Å². The van der Waals surface area contributed by atoms with Crippen LogP contribution in [0, 0.1) is 41.8 Å². The number of carbonyl (C=O) groups excluding carboxylic acids is 2. The third-order valence-corrected chi connectivity index (χ3v) is 10.5. The molecule has 7 nitrogen and oxygen atoms in total. The third-order valence-electron chi connectivity index (χ3n) is 9.53. The van der Waals surface area contributed by atoms with Gasteiger partial charge in [-0.05, 0) is 85.3 Å². The number of benzene rings is 6. The van der Waals surface area contributed by atoms with E-state index in [0.717, 1.165) is 15.6 Å². The predicted molar refractivity (Wildman–Crippen MR) is 228 cm³/mol. The second-order valence-electron chi connectivity index (χ2n) is 13.9. The molecule has 1 N–H and O–H groups in total. The van der Waals surface area contributed by atoms with Crippen LogP contribution in [0.2, 0.25) is 0 Å². The first-order chi connectivity index (χ1) is 29.5. The SMILES string of the molecule is CC(=O)CCC(=O)c1cc(Br)ccc1OCc1c(F)cc(F)cc1F.Cc1ccc(-c2cc(Br)ccc2OCc2c(F)cc(F)cc2F)n1-c1cc(C(=O)O)c2ccccc2c1. The van der Waals surface area contributed by atoms with Crippen molar-refractivity contribution < 1.29 is 55.3 Å². The van der Waals surface area contributed by atoms with Crippen molar-refractivity contribution >= 4 is 60.2 Å². The predicted octanol–water partition coefficient (Wildman–Crippen LogP) is 13.1. The van der Waals surface area contributed by atoms with E-state index in [4.69, 9.17) is 9.47 Å². The number of aryl methyl sites for hydroxylation is 1. The minimum absolute atomic E-state index is 0.00141. The van der Waals surface area contributed by atoms with E-state index in [2.05, 4.69) is 31.9 Å². The summed E-state index contributed by atoms with van der Waals surface area (Å²) in [6.07, 6.45) is 0.0907. The molecular weight excluding hydrogens is 948 g/mol. The minimum Gasteiger partial charge on any atom is -0.488 e. The number of ether oxygens (including phenoxy) is 2. The van der Waals surface area contributed by atoms with Gasteiger partial charge < -0.3 is 23.9 Å². The highest BCUT2D eigenvalue weighted by atomic mass is 79.9. The van der Waals surface area contributed by atoms with E-state index >= 15 is 0 Å². The van der Waals surface area contributed by atoms with E-state index in [1.807, 2.05) is 41.8 Å². The first kappa shape index (κ1) is 45.3. The summed E-state index contributed by atoms with van der Waals surface area (Å²) in [7, 11) is 0. The number of carboxylic acid groups (broad SMARTS) is 1. The van der Waals surface area contributed by atoms with E-state index < -0.39 is 59.6 Å². The normalized spacial score (nSPS) is 10.9. The van der Waals surface area contributed by atoms with Crippen molar-refractivity contribution in [3.63, 3.8) is 0 Å². The average Bonchev–Trinajstić information content (AvgIpc) is 3.60. The third kappa shape index (κ3) is 10.6. The fourth-order valence-electron chi connectivity index (χ4n) is 6.51. The lowest BCUT2D eigenvalue weighted by Crippen LogP contribution is -2.08. The monoisotopic (exact) mass is 979 g/mol. The summed E-state index contributed by atoms with van der Waals surface area (Å²) in [5, 5.41) is 11.3. The fraction of sp³-hybridized carbons (Fsp3) is 0.128. The summed E-state index contributed by atoms with van der Waals surface area (Å²) in [6.45, 7) is 2.31. The lowest BCUT2D eigenvalue weighted by Gasteiger charge is -2.18. The molecule has 0 amide bonds. The number of hydrogen-bond acceptors (Lipinski definition) is 5. The Balaban J connectivity index is 0.000000224. The molecular formula is C47H33Br2F6NO6. The molecule has 0 fully saturated rings. The zero-order valence-electron chi connectivity index (χ0n) is 32.7. The molecule has 0 aliphatic heterocycles. The largest absolute Gasteiger partial charge is 0.488 e. The molecule has 0 saturated carbocycles. The Labute approximate surface area is 367 Å². The molecule has 0 saturated heterocycles. The molecule has 7 aromatic rings. The zero-order valence-corrected chi connectivity index (χ0v) is 35.9. The summed E-state index contributed by atoms with van der Waals surface area (Å²) in [5.41, 5.74) is 2.29. The van der Waals surface area contributed by atoms with Gasteiger partial charge in [-0.3, -0.25) is 4.79 Å². The summed E-state index contributed by atoms with van der Waals surface area (Å²) < 4.78 is 96.5. The van der Waals surface area contributed by atoms with Gasteiger partial charge in [0.2, 0.25) is 0 Å². The number of rotatable bonds is 13. The van der Waals surface area contributed by atoms with Crippen LogP contribution in [0.15, 0.2) is 118 Å². The van der Waals surface area contributed by atoms with E-state index in [-0.39, 0.29) is 46.8 Å². The van der Waals surface area contributed by atoms with Crippen LogP contribution in [-0.4, -0.2) is 27.2 Å². The van der Waals surface area contributed by atoms with Gasteiger partial charge in [0.15, 0.2) is 5.78 Å². The molecule has 1 heterocycles. The first-order valence-corrected chi connectivity index (χ1v) is 20.2. The Bertz CT molecular complexity index is 2820. The minimum atomic E-state index is -1.07. The molecule has 7 rings (SSSR count). The number of nitrogens with zero attached hydrogens (tertiary/aromatic N) is 1. The molecule has 0 aliphatic carbocycles. The number of carbonyl (C=O) groups is 3. The number of aromatic carboxylic acids is 1. The average molecular weight is 982 g/mol. The zero-order chi connectivity index (χ0) is 44.8.